The average molecular weight is 270 g/mol. The summed E-state index contributed by atoms with van der Waals surface area (Å²) in [6.07, 6.45) is 0.744. The van der Waals surface area contributed by atoms with Gasteiger partial charge in [-0.25, -0.2) is 9.59 Å². The van der Waals surface area contributed by atoms with Crippen LogP contribution in [-0.2, 0) is 4.74 Å². The van der Waals surface area contributed by atoms with Crippen LogP contribution in [0.15, 0.2) is 24.8 Å². The van der Waals surface area contributed by atoms with Gasteiger partial charge in [0.25, 0.3) is 0 Å². The number of anilines is 1. The number of carbonyl (C=O) groups is 2. The second-order valence-electron chi connectivity index (χ2n) is 3.41. The lowest BCUT2D eigenvalue weighted by molar-refractivity contribution is 0.0696. The topological polar surface area (TPSA) is 75.6 Å². The van der Waals surface area contributed by atoms with Crippen molar-refractivity contribution in [2.45, 2.75) is 6.92 Å². The zero-order valence-electron chi connectivity index (χ0n) is 9.70. The number of hydrogen-bond acceptors (Lipinski definition) is 3. The molecule has 1 aromatic rings. The molecule has 0 saturated heterocycles. The summed E-state index contributed by atoms with van der Waals surface area (Å²) in [7, 11) is 0. The Morgan fingerprint density at radius 1 is 1.56 bits per heavy atom. The van der Waals surface area contributed by atoms with Crippen molar-refractivity contribution in [1.29, 1.82) is 0 Å². The first-order chi connectivity index (χ1) is 8.47. The Morgan fingerprint density at radius 3 is 2.78 bits per heavy atom. The summed E-state index contributed by atoms with van der Waals surface area (Å²) in [5.41, 5.74) is 0.662. The van der Waals surface area contributed by atoms with Gasteiger partial charge >= 0.3 is 12.1 Å². The fourth-order valence-electron chi connectivity index (χ4n) is 1.36. The molecule has 0 saturated carbocycles. The minimum atomic E-state index is -1.15. The maximum atomic E-state index is 11.3. The van der Waals surface area contributed by atoms with Crippen molar-refractivity contribution >= 4 is 29.4 Å². The van der Waals surface area contributed by atoms with Crippen LogP contribution in [0, 0.1) is 6.92 Å². The molecule has 0 spiro atoms. The Balaban J connectivity index is 2.97. The first-order valence-electron chi connectivity index (χ1n) is 5.04. The molecule has 0 bridgehead atoms. The minimum absolute atomic E-state index is 0.0433. The highest BCUT2D eigenvalue weighted by Crippen LogP contribution is 2.26. The number of hydrogen-bond donors (Lipinski definition) is 2. The number of carbonyl (C=O) groups excluding carboxylic acids is 1. The number of carboxylic acid groups (broad SMARTS) is 1. The molecule has 0 unspecified atom stereocenters. The largest absolute Gasteiger partial charge is 0.478 e. The first-order valence-corrected chi connectivity index (χ1v) is 5.42. The number of benzene rings is 1. The Hall–Kier alpha value is -2.01. The van der Waals surface area contributed by atoms with E-state index >= 15 is 0 Å². The van der Waals surface area contributed by atoms with Crippen LogP contribution in [0.1, 0.15) is 15.9 Å². The van der Waals surface area contributed by atoms with Crippen molar-refractivity contribution in [3.63, 3.8) is 0 Å². The van der Waals surface area contributed by atoms with E-state index in [1.165, 1.54) is 18.2 Å². The second kappa shape index (κ2) is 6.07. The van der Waals surface area contributed by atoms with E-state index in [9.17, 15) is 9.59 Å². The quantitative estimate of drug-likeness (QED) is 0.824. The molecule has 96 valence electrons. The first kappa shape index (κ1) is 14.1. The lowest BCUT2D eigenvalue weighted by atomic mass is 10.1. The van der Waals surface area contributed by atoms with Gasteiger partial charge in [0.15, 0.2) is 0 Å². The van der Waals surface area contributed by atoms with Crippen LogP contribution in [0.3, 0.4) is 0 Å². The summed E-state index contributed by atoms with van der Waals surface area (Å²) >= 11 is 5.78. The second-order valence-corrected chi connectivity index (χ2v) is 3.82. The van der Waals surface area contributed by atoms with Crippen LogP contribution in [-0.4, -0.2) is 23.8 Å². The van der Waals surface area contributed by atoms with E-state index in [0.29, 0.717) is 11.3 Å². The molecule has 0 aliphatic carbocycles. The van der Waals surface area contributed by atoms with Crippen molar-refractivity contribution in [3.8, 4) is 0 Å². The summed E-state index contributed by atoms with van der Waals surface area (Å²) in [5, 5.41) is 11.6. The van der Waals surface area contributed by atoms with Gasteiger partial charge in [0.1, 0.15) is 6.61 Å². The van der Waals surface area contributed by atoms with E-state index in [1.54, 1.807) is 6.92 Å². The zero-order chi connectivity index (χ0) is 13.7. The van der Waals surface area contributed by atoms with Crippen molar-refractivity contribution in [2.75, 3.05) is 11.9 Å². The standard InChI is InChI=1S/C12H12ClNO4/c1-3-6-18-12(17)14-9-5-4-8(13)10(7(9)2)11(15)16/h3-5H,1,6H2,2H3,(H,14,17)(H,15,16). The highest BCUT2D eigenvalue weighted by molar-refractivity contribution is 6.33. The molecule has 6 heteroatoms. The molecule has 18 heavy (non-hydrogen) atoms. The highest BCUT2D eigenvalue weighted by Gasteiger charge is 2.16. The normalized spacial score (nSPS) is 9.67. The minimum Gasteiger partial charge on any atom is -0.478 e. The smallest absolute Gasteiger partial charge is 0.411 e. The van der Waals surface area contributed by atoms with Crippen LogP contribution < -0.4 is 5.32 Å². The van der Waals surface area contributed by atoms with Gasteiger partial charge in [-0.05, 0) is 24.6 Å². The van der Waals surface area contributed by atoms with E-state index in [-0.39, 0.29) is 17.2 Å². The molecule has 0 aliphatic rings. The van der Waals surface area contributed by atoms with Crippen LogP contribution in [0.5, 0.6) is 0 Å². The Bertz CT molecular complexity index is 499. The molecule has 1 aromatic carbocycles. The van der Waals surface area contributed by atoms with Crippen molar-refractivity contribution < 1.29 is 19.4 Å². The molecule has 0 aliphatic heterocycles. The molecule has 1 amide bonds. The van der Waals surface area contributed by atoms with Gasteiger partial charge in [-0.1, -0.05) is 24.3 Å². The van der Waals surface area contributed by atoms with E-state index in [4.69, 9.17) is 21.4 Å². The molecule has 0 aromatic heterocycles. The van der Waals surface area contributed by atoms with E-state index in [2.05, 4.69) is 11.9 Å². The fraction of sp³-hybridized carbons (Fsp3) is 0.167. The molecular formula is C12H12ClNO4. The van der Waals surface area contributed by atoms with Crippen molar-refractivity contribution in [1.82, 2.24) is 0 Å². The van der Waals surface area contributed by atoms with E-state index < -0.39 is 12.1 Å². The van der Waals surface area contributed by atoms with E-state index in [1.807, 2.05) is 0 Å². The molecule has 0 radical (unpaired) electrons. The maximum Gasteiger partial charge on any atom is 0.411 e. The highest BCUT2D eigenvalue weighted by atomic mass is 35.5. The predicted octanol–water partition coefficient (Wildman–Crippen LogP) is 3.08. The van der Waals surface area contributed by atoms with Gasteiger partial charge in [0, 0.05) is 5.69 Å². The van der Waals surface area contributed by atoms with Crippen LogP contribution in [0.4, 0.5) is 10.5 Å². The Morgan fingerprint density at radius 2 is 2.22 bits per heavy atom. The number of carboxylic acids is 1. The van der Waals surface area contributed by atoms with Crippen molar-refractivity contribution in [2.24, 2.45) is 0 Å². The lowest BCUT2D eigenvalue weighted by Gasteiger charge is -2.11. The van der Waals surface area contributed by atoms with Gasteiger partial charge in [-0.15, -0.1) is 0 Å². The van der Waals surface area contributed by atoms with Crippen molar-refractivity contribution in [3.05, 3.63) is 40.9 Å². The number of aromatic carboxylic acids is 1. The monoisotopic (exact) mass is 269 g/mol. The zero-order valence-corrected chi connectivity index (χ0v) is 10.5. The number of amides is 1. The predicted molar refractivity (Wildman–Crippen MR) is 68.3 cm³/mol. The summed E-state index contributed by atoms with van der Waals surface area (Å²) in [6.45, 7) is 5.03. The Kier molecular flexibility index (Phi) is 4.74. The fourth-order valence-corrected chi connectivity index (χ4v) is 1.64. The average Bonchev–Trinajstić information content (AvgIpc) is 2.30. The number of ether oxygens (including phenoxy) is 1. The number of rotatable bonds is 4. The van der Waals surface area contributed by atoms with Gasteiger partial charge in [0.2, 0.25) is 0 Å². The molecule has 0 fully saturated rings. The molecule has 5 nitrogen and oxygen atoms in total. The lowest BCUT2D eigenvalue weighted by Crippen LogP contribution is -2.15. The summed E-state index contributed by atoms with van der Waals surface area (Å²) in [6, 6.07) is 2.92. The molecule has 0 heterocycles. The van der Waals surface area contributed by atoms with Crippen LogP contribution in [0.2, 0.25) is 5.02 Å². The molecule has 0 atom stereocenters. The third-order valence-electron chi connectivity index (χ3n) is 2.20. The number of halogens is 1. The number of nitrogens with one attached hydrogen (secondary N) is 1. The van der Waals surface area contributed by atoms with E-state index in [0.717, 1.165) is 0 Å². The maximum absolute atomic E-state index is 11.3. The van der Waals surface area contributed by atoms with Gasteiger partial charge < -0.3 is 9.84 Å². The molecule has 2 N–H and O–H groups in total. The van der Waals surface area contributed by atoms with Crippen LogP contribution >= 0.6 is 11.6 Å². The Labute approximate surface area is 109 Å². The summed E-state index contributed by atoms with van der Waals surface area (Å²) in [5.74, 6) is -1.15. The van der Waals surface area contributed by atoms with Crippen LogP contribution in [0.25, 0.3) is 0 Å². The third-order valence-corrected chi connectivity index (χ3v) is 2.51. The van der Waals surface area contributed by atoms with Gasteiger partial charge in [-0.3, -0.25) is 5.32 Å². The summed E-state index contributed by atoms with van der Waals surface area (Å²) in [4.78, 5) is 22.3. The third kappa shape index (κ3) is 3.24. The van der Waals surface area contributed by atoms with Gasteiger partial charge in [-0.2, -0.15) is 0 Å². The summed E-state index contributed by atoms with van der Waals surface area (Å²) < 4.78 is 4.73. The van der Waals surface area contributed by atoms with Gasteiger partial charge in [0.05, 0.1) is 10.6 Å². The molecular weight excluding hydrogens is 258 g/mol. The molecule has 1 rings (SSSR count). The SMILES string of the molecule is C=CCOC(=O)Nc1ccc(Cl)c(C(=O)O)c1C.